The number of carbonyl (C=O) groups excluding carboxylic acids is 1. The van der Waals surface area contributed by atoms with E-state index in [-0.39, 0.29) is 11.5 Å². The zero-order chi connectivity index (χ0) is 10.6. The van der Waals surface area contributed by atoms with E-state index in [0.29, 0.717) is 13.0 Å². The summed E-state index contributed by atoms with van der Waals surface area (Å²) in [6.07, 6.45) is 3.01. The molecule has 0 atom stereocenters. The van der Waals surface area contributed by atoms with Crippen LogP contribution < -0.4 is 0 Å². The number of esters is 1. The molecule has 0 N–H and O–H groups in total. The predicted molar refractivity (Wildman–Crippen MR) is 56.1 cm³/mol. The second-order valence-electron chi connectivity index (χ2n) is 4.49. The Bertz CT molecular complexity index is 195. The fourth-order valence-corrected chi connectivity index (χ4v) is 2.00. The summed E-state index contributed by atoms with van der Waals surface area (Å²) in [4.78, 5) is 13.7. The van der Waals surface area contributed by atoms with Crippen LogP contribution in [0.25, 0.3) is 0 Å². The molecule has 1 fully saturated rings. The van der Waals surface area contributed by atoms with E-state index >= 15 is 0 Å². The van der Waals surface area contributed by atoms with Crippen LogP contribution in [0.2, 0.25) is 0 Å². The highest BCUT2D eigenvalue weighted by Gasteiger charge is 2.31. The monoisotopic (exact) mass is 199 g/mol. The first-order chi connectivity index (χ1) is 6.56. The molecule has 1 saturated heterocycles. The third-order valence-electron chi connectivity index (χ3n) is 2.84. The van der Waals surface area contributed by atoms with Gasteiger partial charge < -0.3 is 4.74 Å². The number of nitrogens with zero attached hydrogens (tertiary/aromatic N) is 1. The molecule has 0 amide bonds. The van der Waals surface area contributed by atoms with Crippen LogP contribution in [0.5, 0.6) is 0 Å². The van der Waals surface area contributed by atoms with Gasteiger partial charge in [0.05, 0.1) is 13.0 Å². The molecule has 1 heterocycles. The van der Waals surface area contributed by atoms with Gasteiger partial charge in [-0.1, -0.05) is 0 Å². The summed E-state index contributed by atoms with van der Waals surface area (Å²) in [7, 11) is 0. The lowest BCUT2D eigenvalue weighted by atomic mass is 9.99. The minimum absolute atomic E-state index is 0.0389. The molecule has 0 aromatic carbocycles. The summed E-state index contributed by atoms with van der Waals surface area (Å²) in [5, 5.41) is 0. The van der Waals surface area contributed by atoms with E-state index in [1.165, 1.54) is 12.8 Å². The first-order valence-electron chi connectivity index (χ1n) is 5.47. The molecule has 1 rings (SSSR count). The fourth-order valence-electron chi connectivity index (χ4n) is 2.00. The van der Waals surface area contributed by atoms with Crippen molar-refractivity contribution >= 4 is 5.97 Å². The largest absolute Gasteiger partial charge is 0.466 e. The Labute approximate surface area is 86.4 Å². The zero-order valence-corrected chi connectivity index (χ0v) is 9.51. The van der Waals surface area contributed by atoms with Crippen molar-refractivity contribution in [3.8, 4) is 0 Å². The number of ether oxygens (including phenoxy) is 1. The molecule has 3 nitrogen and oxygen atoms in total. The van der Waals surface area contributed by atoms with Gasteiger partial charge in [0, 0.05) is 5.54 Å². The molecule has 0 aromatic rings. The SMILES string of the molecule is CCOC(=O)CC(C)(C)N1CCCC1. The van der Waals surface area contributed by atoms with E-state index in [9.17, 15) is 4.79 Å². The Morgan fingerprint density at radius 1 is 1.36 bits per heavy atom. The Morgan fingerprint density at radius 2 is 1.93 bits per heavy atom. The average Bonchev–Trinajstić information content (AvgIpc) is 2.54. The lowest BCUT2D eigenvalue weighted by Gasteiger charge is -2.34. The van der Waals surface area contributed by atoms with Crippen molar-refractivity contribution in [1.29, 1.82) is 0 Å². The van der Waals surface area contributed by atoms with Crippen molar-refractivity contribution in [3.05, 3.63) is 0 Å². The second-order valence-corrected chi connectivity index (χ2v) is 4.49. The summed E-state index contributed by atoms with van der Waals surface area (Å²) < 4.78 is 4.97. The molecule has 0 bridgehead atoms. The Balaban J connectivity index is 2.43. The summed E-state index contributed by atoms with van der Waals surface area (Å²) >= 11 is 0. The molecular formula is C11H21NO2. The van der Waals surface area contributed by atoms with E-state index in [1.807, 2.05) is 6.92 Å². The van der Waals surface area contributed by atoms with E-state index in [0.717, 1.165) is 13.1 Å². The number of likely N-dealkylation sites (tertiary alicyclic amines) is 1. The van der Waals surface area contributed by atoms with Gasteiger partial charge in [-0.3, -0.25) is 9.69 Å². The van der Waals surface area contributed by atoms with E-state index in [1.54, 1.807) is 0 Å². The first kappa shape index (κ1) is 11.5. The van der Waals surface area contributed by atoms with E-state index in [2.05, 4.69) is 18.7 Å². The fraction of sp³-hybridized carbons (Fsp3) is 0.909. The molecule has 0 spiro atoms. The van der Waals surface area contributed by atoms with Crippen LogP contribution in [-0.2, 0) is 9.53 Å². The number of hydrogen-bond acceptors (Lipinski definition) is 3. The number of carbonyl (C=O) groups is 1. The van der Waals surface area contributed by atoms with E-state index < -0.39 is 0 Å². The molecule has 1 aliphatic heterocycles. The third kappa shape index (κ3) is 2.98. The van der Waals surface area contributed by atoms with Gasteiger partial charge in [-0.25, -0.2) is 0 Å². The zero-order valence-electron chi connectivity index (χ0n) is 9.51. The average molecular weight is 199 g/mol. The van der Waals surface area contributed by atoms with Crippen LogP contribution >= 0.6 is 0 Å². The quantitative estimate of drug-likeness (QED) is 0.647. The Morgan fingerprint density at radius 3 is 2.43 bits per heavy atom. The maximum Gasteiger partial charge on any atom is 0.307 e. The lowest BCUT2D eigenvalue weighted by molar-refractivity contribution is -0.145. The molecule has 0 aliphatic carbocycles. The molecular weight excluding hydrogens is 178 g/mol. The van der Waals surface area contributed by atoms with Gasteiger partial charge >= 0.3 is 5.97 Å². The van der Waals surface area contributed by atoms with Crippen LogP contribution in [0.3, 0.4) is 0 Å². The second kappa shape index (κ2) is 4.78. The standard InChI is InChI=1S/C11H21NO2/c1-4-14-10(13)9-11(2,3)12-7-5-6-8-12/h4-9H2,1-3H3. The molecule has 0 saturated carbocycles. The topological polar surface area (TPSA) is 29.5 Å². The van der Waals surface area contributed by atoms with Crippen molar-refractivity contribution in [2.24, 2.45) is 0 Å². The molecule has 3 heteroatoms. The molecule has 0 aromatic heterocycles. The van der Waals surface area contributed by atoms with Crippen LogP contribution in [-0.4, -0.2) is 36.1 Å². The molecule has 1 aliphatic rings. The molecule has 14 heavy (non-hydrogen) atoms. The Hall–Kier alpha value is -0.570. The van der Waals surface area contributed by atoms with Crippen LogP contribution in [0.15, 0.2) is 0 Å². The molecule has 82 valence electrons. The minimum atomic E-state index is -0.0793. The highest BCUT2D eigenvalue weighted by Crippen LogP contribution is 2.24. The third-order valence-corrected chi connectivity index (χ3v) is 2.84. The molecule has 0 unspecified atom stereocenters. The van der Waals surface area contributed by atoms with Gasteiger partial charge in [0.2, 0.25) is 0 Å². The predicted octanol–water partition coefficient (Wildman–Crippen LogP) is 1.81. The number of hydrogen-bond donors (Lipinski definition) is 0. The maximum atomic E-state index is 11.4. The van der Waals surface area contributed by atoms with Crippen LogP contribution in [0, 0.1) is 0 Å². The summed E-state index contributed by atoms with van der Waals surface area (Å²) in [5.74, 6) is -0.0793. The van der Waals surface area contributed by atoms with Gasteiger partial charge in [-0.05, 0) is 46.7 Å². The van der Waals surface area contributed by atoms with Gasteiger partial charge in [0.15, 0.2) is 0 Å². The Kier molecular flexibility index (Phi) is 3.93. The van der Waals surface area contributed by atoms with Gasteiger partial charge in [0.25, 0.3) is 0 Å². The van der Waals surface area contributed by atoms with Gasteiger partial charge in [0.1, 0.15) is 0 Å². The van der Waals surface area contributed by atoms with Crippen LogP contribution in [0.4, 0.5) is 0 Å². The van der Waals surface area contributed by atoms with Crippen molar-refractivity contribution in [2.45, 2.75) is 45.6 Å². The van der Waals surface area contributed by atoms with Crippen molar-refractivity contribution in [3.63, 3.8) is 0 Å². The number of rotatable bonds is 4. The van der Waals surface area contributed by atoms with Gasteiger partial charge in [-0.2, -0.15) is 0 Å². The summed E-state index contributed by atoms with van der Waals surface area (Å²) in [6.45, 7) is 8.80. The van der Waals surface area contributed by atoms with Crippen molar-refractivity contribution in [1.82, 2.24) is 4.90 Å². The first-order valence-corrected chi connectivity index (χ1v) is 5.47. The van der Waals surface area contributed by atoms with E-state index in [4.69, 9.17) is 4.74 Å². The highest BCUT2D eigenvalue weighted by atomic mass is 16.5. The van der Waals surface area contributed by atoms with Crippen molar-refractivity contribution < 1.29 is 9.53 Å². The normalized spacial score (nSPS) is 18.5. The summed E-state index contributed by atoms with van der Waals surface area (Å²) in [5.41, 5.74) is -0.0389. The molecule has 0 radical (unpaired) electrons. The van der Waals surface area contributed by atoms with Crippen molar-refractivity contribution in [2.75, 3.05) is 19.7 Å². The maximum absolute atomic E-state index is 11.4. The smallest absolute Gasteiger partial charge is 0.307 e. The van der Waals surface area contributed by atoms with Crippen LogP contribution in [0.1, 0.15) is 40.0 Å². The highest BCUT2D eigenvalue weighted by molar-refractivity contribution is 5.70. The summed E-state index contributed by atoms with van der Waals surface area (Å²) in [6, 6.07) is 0. The minimum Gasteiger partial charge on any atom is -0.466 e. The van der Waals surface area contributed by atoms with Gasteiger partial charge in [-0.15, -0.1) is 0 Å². The lowest BCUT2D eigenvalue weighted by Crippen LogP contribution is -2.43.